The van der Waals surface area contributed by atoms with Gasteiger partial charge in [0.1, 0.15) is 0 Å². The third kappa shape index (κ3) is 3.27. The lowest BCUT2D eigenvalue weighted by atomic mass is 10.1. The summed E-state index contributed by atoms with van der Waals surface area (Å²) in [6, 6.07) is 12.9. The van der Waals surface area contributed by atoms with E-state index >= 15 is 0 Å². The Morgan fingerprint density at radius 2 is 1.92 bits per heavy atom. The number of hydrogen-bond donors (Lipinski definition) is 0. The summed E-state index contributed by atoms with van der Waals surface area (Å²) < 4.78 is 2.12. The van der Waals surface area contributed by atoms with E-state index in [0.29, 0.717) is 19.1 Å². The molecule has 24 heavy (non-hydrogen) atoms. The highest BCUT2D eigenvalue weighted by Crippen LogP contribution is 2.27. The van der Waals surface area contributed by atoms with Crippen molar-refractivity contribution in [3.8, 4) is 11.8 Å². The molecule has 0 N–H and O–H groups in total. The number of aryl methyl sites for hydroxylation is 2. The Hall–Kier alpha value is -2.38. The number of hydrogen-bond acceptors (Lipinski definition) is 3. The fraction of sp³-hybridized carbons (Fsp3) is 0.400. The number of nitriles is 1. The van der Waals surface area contributed by atoms with Crippen molar-refractivity contribution in [3.63, 3.8) is 0 Å². The van der Waals surface area contributed by atoms with Crippen LogP contribution in [0.2, 0.25) is 0 Å². The van der Waals surface area contributed by atoms with Crippen LogP contribution < -0.4 is 0 Å². The van der Waals surface area contributed by atoms with Crippen molar-refractivity contribution in [2.24, 2.45) is 0 Å². The van der Waals surface area contributed by atoms with Crippen LogP contribution in [-0.2, 0) is 0 Å². The number of Topliss-reactive ketones (excluding diaryl/α,β-unsaturated/α-hetero) is 1. The van der Waals surface area contributed by atoms with Gasteiger partial charge in [-0.25, -0.2) is 0 Å². The van der Waals surface area contributed by atoms with Gasteiger partial charge >= 0.3 is 0 Å². The van der Waals surface area contributed by atoms with Gasteiger partial charge in [0, 0.05) is 28.7 Å². The number of ketones is 1. The summed E-state index contributed by atoms with van der Waals surface area (Å²) in [4.78, 5) is 14.8. The molecule has 1 fully saturated rings. The molecule has 1 aliphatic rings. The molecule has 1 saturated carbocycles. The number of benzene rings is 1. The van der Waals surface area contributed by atoms with Crippen LogP contribution in [0, 0.1) is 32.1 Å². The zero-order valence-electron chi connectivity index (χ0n) is 14.5. The van der Waals surface area contributed by atoms with E-state index in [-0.39, 0.29) is 5.78 Å². The van der Waals surface area contributed by atoms with Crippen LogP contribution >= 0.6 is 0 Å². The minimum atomic E-state index is 0.101. The minimum absolute atomic E-state index is 0.101. The lowest BCUT2D eigenvalue weighted by molar-refractivity contribution is 0.0933. The number of rotatable bonds is 6. The second-order valence-corrected chi connectivity index (χ2v) is 6.67. The van der Waals surface area contributed by atoms with Crippen molar-refractivity contribution in [1.82, 2.24) is 9.47 Å². The molecular formula is C20H23N3O. The first-order valence-electron chi connectivity index (χ1n) is 8.41. The zero-order chi connectivity index (χ0) is 17.3. The van der Waals surface area contributed by atoms with Gasteiger partial charge in [-0.1, -0.05) is 17.7 Å². The monoisotopic (exact) mass is 321 g/mol. The van der Waals surface area contributed by atoms with E-state index < -0.39 is 0 Å². The predicted octanol–water partition coefficient (Wildman–Crippen LogP) is 3.57. The Kier molecular flexibility index (Phi) is 4.55. The Labute approximate surface area is 143 Å². The molecule has 0 radical (unpaired) electrons. The number of carbonyl (C=O) groups is 1. The Bertz CT molecular complexity index is 792. The van der Waals surface area contributed by atoms with Gasteiger partial charge in [-0.05, 0) is 51.8 Å². The van der Waals surface area contributed by atoms with Crippen LogP contribution in [0.25, 0.3) is 5.69 Å². The first-order valence-corrected chi connectivity index (χ1v) is 8.41. The Morgan fingerprint density at radius 3 is 2.50 bits per heavy atom. The molecule has 4 heteroatoms. The van der Waals surface area contributed by atoms with E-state index in [9.17, 15) is 4.79 Å². The molecular weight excluding hydrogens is 298 g/mol. The van der Waals surface area contributed by atoms with Gasteiger partial charge < -0.3 is 4.57 Å². The van der Waals surface area contributed by atoms with Gasteiger partial charge in [0.2, 0.25) is 0 Å². The molecule has 0 atom stereocenters. The van der Waals surface area contributed by atoms with Gasteiger partial charge in [0.05, 0.1) is 19.2 Å². The van der Waals surface area contributed by atoms with Crippen LogP contribution in [0.3, 0.4) is 0 Å². The lowest BCUT2D eigenvalue weighted by Gasteiger charge is -2.17. The average molecular weight is 321 g/mol. The summed E-state index contributed by atoms with van der Waals surface area (Å²) >= 11 is 0. The smallest absolute Gasteiger partial charge is 0.178 e. The molecule has 0 unspecified atom stereocenters. The van der Waals surface area contributed by atoms with Gasteiger partial charge in [-0.15, -0.1) is 0 Å². The topological polar surface area (TPSA) is 49.0 Å². The van der Waals surface area contributed by atoms with Crippen molar-refractivity contribution in [1.29, 1.82) is 5.26 Å². The summed E-state index contributed by atoms with van der Waals surface area (Å²) in [7, 11) is 0. The van der Waals surface area contributed by atoms with E-state index in [1.165, 1.54) is 5.56 Å². The molecule has 0 saturated heterocycles. The van der Waals surface area contributed by atoms with Crippen molar-refractivity contribution in [2.45, 2.75) is 39.7 Å². The number of carbonyl (C=O) groups excluding carboxylic acids is 1. The molecule has 0 aliphatic heterocycles. The number of aromatic nitrogens is 1. The highest BCUT2D eigenvalue weighted by molar-refractivity contribution is 5.99. The highest BCUT2D eigenvalue weighted by atomic mass is 16.1. The molecule has 1 aliphatic carbocycles. The maximum absolute atomic E-state index is 12.8. The zero-order valence-corrected chi connectivity index (χ0v) is 14.5. The van der Waals surface area contributed by atoms with E-state index in [1.54, 1.807) is 0 Å². The predicted molar refractivity (Wildman–Crippen MR) is 94.5 cm³/mol. The average Bonchev–Trinajstić information content (AvgIpc) is 3.34. The Balaban J connectivity index is 1.86. The quantitative estimate of drug-likeness (QED) is 0.603. The standard InChI is InChI=1S/C20H23N3O/c1-14-4-6-18(7-5-14)23-15(2)12-19(16(23)3)20(24)13-22(11-10-21)17-8-9-17/h4-7,12,17H,8-9,11,13H2,1-3H3. The van der Waals surface area contributed by atoms with E-state index in [4.69, 9.17) is 5.26 Å². The van der Waals surface area contributed by atoms with E-state index in [0.717, 1.165) is 35.5 Å². The highest BCUT2D eigenvalue weighted by Gasteiger charge is 2.31. The van der Waals surface area contributed by atoms with Crippen molar-refractivity contribution < 1.29 is 4.79 Å². The lowest BCUT2D eigenvalue weighted by Crippen LogP contribution is -2.32. The molecule has 1 aromatic heterocycles. The molecule has 1 aromatic carbocycles. The summed E-state index contributed by atoms with van der Waals surface area (Å²) in [5.41, 5.74) is 5.07. The molecule has 1 heterocycles. The summed E-state index contributed by atoms with van der Waals surface area (Å²) in [5.74, 6) is 0.101. The molecule has 0 bridgehead atoms. The van der Waals surface area contributed by atoms with Crippen molar-refractivity contribution in [2.75, 3.05) is 13.1 Å². The van der Waals surface area contributed by atoms with Gasteiger partial charge in [0.25, 0.3) is 0 Å². The van der Waals surface area contributed by atoms with Gasteiger partial charge in [-0.3, -0.25) is 9.69 Å². The van der Waals surface area contributed by atoms with Gasteiger partial charge in [0.15, 0.2) is 5.78 Å². The maximum atomic E-state index is 12.8. The molecule has 0 amide bonds. The maximum Gasteiger partial charge on any atom is 0.178 e. The first kappa shape index (κ1) is 16.5. The van der Waals surface area contributed by atoms with Crippen LogP contribution in [-0.4, -0.2) is 34.4 Å². The van der Waals surface area contributed by atoms with Crippen LogP contribution in [0.4, 0.5) is 0 Å². The molecule has 4 nitrogen and oxygen atoms in total. The number of nitrogens with zero attached hydrogens (tertiary/aromatic N) is 3. The summed E-state index contributed by atoms with van der Waals surface area (Å²) in [6.45, 7) is 6.74. The minimum Gasteiger partial charge on any atom is -0.318 e. The molecule has 3 rings (SSSR count). The van der Waals surface area contributed by atoms with E-state index in [1.807, 2.05) is 24.8 Å². The van der Waals surface area contributed by atoms with E-state index in [2.05, 4.69) is 41.8 Å². The third-order valence-corrected chi connectivity index (χ3v) is 4.71. The second kappa shape index (κ2) is 6.62. The SMILES string of the molecule is Cc1ccc(-n2c(C)cc(C(=O)CN(CC#N)C3CC3)c2C)cc1. The summed E-state index contributed by atoms with van der Waals surface area (Å²) in [6.07, 6.45) is 2.19. The summed E-state index contributed by atoms with van der Waals surface area (Å²) in [5, 5.41) is 8.96. The normalized spacial score (nSPS) is 14.0. The molecule has 124 valence electrons. The fourth-order valence-electron chi connectivity index (χ4n) is 3.25. The fourth-order valence-corrected chi connectivity index (χ4v) is 3.25. The van der Waals surface area contributed by atoms with Gasteiger partial charge in [-0.2, -0.15) is 5.26 Å². The van der Waals surface area contributed by atoms with Crippen LogP contribution in [0.5, 0.6) is 0 Å². The molecule has 2 aromatic rings. The molecule has 0 spiro atoms. The third-order valence-electron chi connectivity index (χ3n) is 4.71. The Morgan fingerprint density at radius 1 is 1.25 bits per heavy atom. The first-order chi connectivity index (χ1) is 11.5. The largest absolute Gasteiger partial charge is 0.318 e. The van der Waals surface area contributed by atoms with Crippen molar-refractivity contribution in [3.05, 3.63) is 52.8 Å². The van der Waals surface area contributed by atoms with Crippen molar-refractivity contribution >= 4 is 5.78 Å². The van der Waals surface area contributed by atoms with Crippen LogP contribution in [0.1, 0.15) is 40.2 Å². The van der Waals surface area contributed by atoms with Crippen LogP contribution in [0.15, 0.2) is 30.3 Å². The second-order valence-electron chi connectivity index (χ2n) is 6.67.